The summed E-state index contributed by atoms with van der Waals surface area (Å²) in [5, 5.41) is 24.6. The molecule has 1 aliphatic rings. The van der Waals surface area contributed by atoms with Crippen LogP contribution in [-0.4, -0.2) is 64.9 Å². The van der Waals surface area contributed by atoms with Crippen LogP contribution in [0.25, 0.3) is 11.1 Å². The Bertz CT molecular complexity index is 959. The van der Waals surface area contributed by atoms with Gasteiger partial charge in [-0.2, -0.15) is 0 Å². The Morgan fingerprint density at radius 3 is 2.29 bits per heavy atom. The predicted octanol–water partition coefficient (Wildman–Crippen LogP) is 3.74. The van der Waals surface area contributed by atoms with Crippen molar-refractivity contribution < 1.29 is 34.1 Å². The number of rotatable bonds is 4. The van der Waals surface area contributed by atoms with Crippen molar-refractivity contribution in [2.45, 2.75) is 6.42 Å². The number of carboxylic acids is 2. The quantitative estimate of drug-likeness (QED) is 0.604. The normalized spacial score (nSPS) is 15.6. The predicted molar refractivity (Wildman–Crippen MR) is 113 cm³/mol. The fourth-order valence-corrected chi connectivity index (χ4v) is 3.51. The fraction of sp³-hybridized carbons (Fsp3) is 0.286. The maximum absolute atomic E-state index is 13.5. The van der Waals surface area contributed by atoms with Crippen molar-refractivity contribution in [2.75, 3.05) is 31.6 Å². The number of hydrogen-bond acceptors (Lipinski definition) is 4. The number of para-hydroxylation sites is 1. The molecule has 0 spiro atoms. The second-order valence-electron chi connectivity index (χ2n) is 7.07. The van der Waals surface area contributed by atoms with Gasteiger partial charge in [0.25, 0.3) is 0 Å². The Labute approximate surface area is 183 Å². The highest BCUT2D eigenvalue weighted by atomic mass is 35.5. The summed E-state index contributed by atoms with van der Waals surface area (Å²) in [6.07, 6.45) is -0.0135. The number of carboxylic acid groups (broad SMARTS) is 3. The van der Waals surface area contributed by atoms with Crippen LogP contribution in [0.5, 0.6) is 0 Å². The molecule has 2 aromatic carbocycles. The number of benzene rings is 2. The number of halogens is 2. The van der Waals surface area contributed by atoms with Gasteiger partial charge in [0.1, 0.15) is 5.82 Å². The molecule has 8 nitrogen and oxygen atoms in total. The van der Waals surface area contributed by atoms with Crippen LogP contribution in [0.3, 0.4) is 0 Å². The Kier molecular flexibility index (Phi) is 8.35. The third kappa shape index (κ3) is 6.66. The molecule has 1 fully saturated rings. The lowest BCUT2D eigenvalue weighted by Gasteiger charge is -2.25. The van der Waals surface area contributed by atoms with E-state index in [9.17, 15) is 14.3 Å². The molecule has 0 bridgehead atoms. The minimum absolute atomic E-state index is 0.0200. The highest BCUT2D eigenvalue weighted by Gasteiger charge is 2.26. The largest absolute Gasteiger partial charge is 0.473 e. The molecular formula is C21H22ClFN2O6. The van der Waals surface area contributed by atoms with Gasteiger partial charge in [-0.1, -0.05) is 35.9 Å². The van der Waals surface area contributed by atoms with Gasteiger partial charge < -0.3 is 20.2 Å². The van der Waals surface area contributed by atoms with E-state index in [0.29, 0.717) is 23.7 Å². The average Bonchev–Trinajstić information content (AvgIpc) is 3.13. The van der Waals surface area contributed by atoms with Crippen LogP contribution in [-0.2, 0) is 9.59 Å². The average molecular weight is 453 g/mol. The number of carbonyl (C=O) groups is 3. The smallest absolute Gasteiger partial charge is 0.414 e. The monoisotopic (exact) mass is 452 g/mol. The number of amides is 1. The third-order valence-corrected chi connectivity index (χ3v) is 5.06. The SMILES string of the molecule is CN1CCC(CN(C(=O)O)c2ccccc2-c2ccc(F)c(Cl)c2)C1.O=C(O)C(=O)O. The second-order valence-corrected chi connectivity index (χ2v) is 7.47. The van der Waals surface area contributed by atoms with E-state index in [4.69, 9.17) is 31.4 Å². The Balaban J connectivity index is 0.000000501. The lowest BCUT2D eigenvalue weighted by molar-refractivity contribution is -0.159. The summed E-state index contributed by atoms with van der Waals surface area (Å²) in [4.78, 5) is 33.7. The van der Waals surface area contributed by atoms with Crippen LogP contribution in [0.1, 0.15) is 6.42 Å². The Morgan fingerprint density at radius 2 is 1.77 bits per heavy atom. The maximum atomic E-state index is 13.5. The van der Waals surface area contributed by atoms with Gasteiger partial charge in [0.05, 0.1) is 10.7 Å². The van der Waals surface area contributed by atoms with Gasteiger partial charge in [0.15, 0.2) is 0 Å². The fourth-order valence-electron chi connectivity index (χ4n) is 3.33. The summed E-state index contributed by atoms with van der Waals surface area (Å²) < 4.78 is 13.5. The number of nitrogens with zero attached hydrogens (tertiary/aromatic N) is 2. The zero-order chi connectivity index (χ0) is 23.1. The molecular weight excluding hydrogens is 431 g/mol. The third-order valence-electron chi connectivity index (χ3n) is 4.77. The first-order valence-electron chi connectivity index (χ1n) is 9.29. The standard InChI is InChI=1S/C19H20ClFN2O2.C2H2O4/c1-22-9-8-13(11-22)12-23(19(24)25)18-5-3-2-4-15(18)14-6-7-17(21)16(20)10-14;3-1(4)2(5)6/h2-7,10,13H,8-9,11-12H2,1H3,(H,24,25);(H,3,4)(H,5,6). The summed E-state index contributed by atoms with van der Waals surface area (Å²) in [5.41, 5.74) is 2.00. The van der Waals surface area contributed by atoms with Crippen molar-refractivity contribution in [1.29, 1.82) is 0 Å². The number of anilines is 1. The molecule has 0 aliphatic carbocycles. The lowest BCUT2D eigenvalue weighted by atomic mass is 10.0. The molecule has 3 N–H and O–H groups in total. The topological polar surface area (TPSA) is 118 Å². The Hall–Kier alpha value is -3.17. The van der Waals surface area contributed by atoms with E-state index in [0.717, 1.165) is 25.1 Å². The van der Waals surface area contributed by atoms with Crippen molar-refractivity contribution in [3.63, 3.8) is 0 Å². The minimum Gasteiger partial charge on any atom is -0.473 e. The Morgan fingerprint density at radius 1 is 1.13 bits per heavy atom. The summed E-state index contributed by atoms with van der Waals surface area (Å²) in [7, 11) is 2.04. The zero-order valence-electron chi connectivity index (χ0n) is 16.7. The molecule has 1 atom stereocenters. The minimum atomic E-state index is -1.82. The highest BCUT2D eigenvalue weighted by Crippen LogP contribution is 2.34. The van der Waals surface area contributed by atoms with Crippen molar-refractivity contribution in [2.24, 2.45) is 5.92 Å². The van der Waals surface area contributed by atoms with E-state index in [2.05, 4.69) is 4.90 Å². The molecule has 3 rings (SSSR count). The van der Waals surface area contributed by atoms with Gasteiger partial charge in [-0.3, -0.25) is 4.90 Å². The van der Waals surface area contributed by atoms with Crippen LogP contribution in [0.15, 0.2) is 42.5 Å². The number of hydrogen-bond donors (Lipinski definition) is 3. The summed E-state index contributed by atoms with van der Waals surface area (Å²) in [5.74, 6) is -3.84. The molecule has 1 heterocycles. The number of likely N-dealkylation sites (tertiary alicyclic amines) is 1. The summed E-state index contributed by atoms with van der Waals surface area (Å²) in [6.45, 7) is 2.30. The second kappa shape index (κ2) is 10.7. The van der Waals surface area contributed by atoms with E-state index in [1.54, 1.807) is 18.2 Å². The molecule has 1 aliphatic heterocycles. The van der Waals surface area contributed by atoms with Crippen LogP contribution in [0, 0.1) is 11.7 Å². The van der Waals surface area contributed by atoms with Gasteiger partial charge in [0.2, 0.25) is 0 Å². The molecule has 1 unspecified atom stereocenters. The number of aliphatic carboxylic acids is 2. The van der Waals surface area contributed by atoms with Crippen molar-refractivity contribution >= 4 is 35.3 Å². The summed E-state index contributed by atoms with van der Waals surface area (Å²) in [6, 6.07) is 11.7. The first-order chi connectivity index (χ1) is 14.6. The molecule has 2 aromatic rings. The molecule has 166 valence electrons. The van der Waals surface area contributed by atoms with Gasteiger partial charge in [-0.25, -0.2) is 18.8 Å². The van der Waals surface area contributed by atoms with Crippen molar-refractivity contribution in [1.82, 2.24) is 4.90 Å². The highest BCUT2D eigenvalue weighted by molar-refractivity contribution is 6.31. The van der Waals surface area contributed by atoms with Gasteiger partial charge in [0, 0.05) is 18.7 Å². The first-order valence-corrected chi connectivity index (χ1v) is 9.67. The maximum Gasteiger partial charge on any atom is 0.414 e. The zero-order valence-corrected chi connectivity index (χ0v) is 17.4. The van der Waals surface area contributed by atoms with E-state index < -0.39 is 23.8 Å². The van der Waals surface area contributed by atoms with Crippen LogP contribution in [0.4, 0.5) is 14.9 Å². The molecule has 0 saturated carbocycles. The van der Waals surface area contributed by atoms with E-state index >= 15 is 0 Å². The van der Waals surface area contributed by atoms with Gasteiger partial charge >= 0.3 is 18.0 Å². The first kappa shape index (κ1) is 24.1. The van der Waals surface area contributed by atoms with Crippen molar-refractivity contribution in [3.8, 4) is 11.1 Å². The molecule has 31 heavy (non-hydrogen) atoms. The van der Waals surface area contributed by atoms with Crippen LogP contribution < -0.4 is 4.90 Å². The van der Waals surface area contributed by atoms with E-state index in [-0.39, 0.29) is 5.02 Å². The van der Waals surface area contributed by atoms with Gasteiger partial charge in [-0.15, -0.1) is 0 Å². The van der Waals surface area contributed by atoms with E-state index in [1.807, 2.05) is 19.2 Å². The molecule has 0 aromatic heterocycles. The molecule has 10 heteroatoms. The molecule has 0 radical (unpaired) electrons. The summed E-state index contributed by atoms with van der Waals surface area (Å²) >= 11 is 5.90. The van der Waals surface area contributed by atoms with Crippen molar-refractivity contribution in [3.05, 3.63) is 53.3 Å². The molecule has 1 amide bonds. The lowest BCUT2D eigenvalue weighted by Crippen LogP contribution is -2.35. The molecule has 1 saturated heterocycles. The van der Waals surface area contributed by atoms with Crippen LogP contribution in [0.2, 0.25) is 5.02 Å². The van der Waals surface area contributed by atoms with Crippen LogP contribution >= 0.6 is 11.6 Å². The van der Waals surface area contributed by atoms with E-state index in [1.165, 1.54) is 17.0 Å². The van der Waals surface area contributed by atoms with Gasteiger partial charge in [-0.05, 0) is 49.7 Å².